The Kier molecular flexibility index (Phi) is 5.43. The number of hydrogen-bond donors (Lipinski definition) is 0. The predicted octanol–water partition coefficient (Wildman–Crippen LogP) is 3.61. The molecule has 1 heterocycles. The van der Waals surface area contributed by atoms with Gasteiger partial charge in [-0.25, -0.2) is 0 Å². The van der Waals surface area contributed by atoms with Crippen molar-refractivity contribution in [3.8, 4) is 0 Å². The van der Waals surface area contributed by atoms with Crippen molar-refractivity contribution in [1.82, 2.24) is 10.2 Å². The molecule has 0 spiro atoms. The van der Waals surface area contributed by atoms with Gasteiger partial charge in [-0.3, -0.25) is 0 Å². The van der Waals surface area contributed by atoms with Crippen LogP contribution < -0.4 is 10.7 Å². The van der Waals surface area contributed by atoms with Gasteiger partial charge in [-0.05, 0) is 0 Å². The summed E-state index contributed by atoms with van der Waals surface area (Å²) in [4.78, 5) is 0. The van der Waals surface area contributed by atoms with E-state index >= 15 is 0 Å². The number of rotatable bonds is 5. The standard InChI is InChI=1S/3C6H5.C3H4N2S2.Sn/c3*1-2-4-6-5-3-1;1-2-4-5-3(6)7-2;/h3*1-5H;1H3,(H,5,6);/q;;;;+1/p-1. The molecule has 2 nitrogen and oxygen atoms in total. The maximum absolute atomic E-state index is 4.46. The molecule has 5 heteroatoms. The van der Waals surface area contributed by atoms with Crippen LogP contribution in [0.5, 0.6) is 0 Å². The summed E-state index contributed by atoms with van der Waals surface area (Å²) in [5, 5.41) is 9.74. The number of hydrogen-bond acceptors (Lipinski definition) is 4. The Bertz CT molecular complexity index is 876. The molecule has 4 rings (SSSR count). The SMILES string of the molecule is Cc1nnc([S][Sn]([c]2ccccc2)([c]2ccccc2)[c]2ccccc2)s1. The van der Waals surface area contributed by atoms with Crippen LogP contribution in [0.1, 0.15) is 5.01 Å². The zero-order valence-corrected chi connectivity index (χ0v) is 18.9. The number of aromatic nitrogens is 2. The van der Waals surface area contributed by atoms with Crippen molar-refractivity contribution in [2.45, 2.75) is 11.3 Å². The Labute approximate surface area is 164 Å². The molecule has 0 saturated heterocycles. The Morgan fingerprint density at radius 1 is 0.654 bits per heavy atom. The van der Waals surface area contributed by atoms with E-state index in [1.807, 2.05) is 15.9 Å². The van der Waals surface area contributed by atoms with Crippen molar-refractivity contribution >= 4 is 48.0 Å². The van der Waals surface area contributed by atoms with Crippen LogP contribution in [0.25, 0.3) is 0 Å². The molecule has 0 aliphatic rings. The summed E-state index contributed by atoms with van der Waals surface area (Å²) in [5.41, 5.74) is 0. The first-order valence-electron chi connectivity index (χ1n) is 8.45. The second-order valence-corrected chi connectivity index (χ2v) is 22.7. The van der Waals surface area contributed by atoms with Crippen LogP contribution in [-0.2, 0) is 0 Å². The first-order chi connectivity index (χ1) is 12.8. The Hall–Kier alpha value is -1.63. The summed E-state index contributed by atoms with van der Waals surface area (Å²) in [7, 11) is 1.97. The van der Waals surface area contributed by atoms with Crippen LogP contribution in [0, 0.1) is 6.92 Å². The minimum absolute atomic E-state index is 1.02. The van der Waals surface area contributed by atoms with E-state index in [9.17, 15) is 0 Å². The topological polar surface area (TPSA) is 25.8 Å². The van der Waals surface area contributed by atoms with Gasteiger partial charge in [0.05, 0.1) is 0 Å². The van der Waals surface area contributed by atoms with Crippen LogP contribution in [0.4, 0.5) is 0 Å². The predicted molar refractivity (Wildman–Crippen MR) is 114 cm³/mol. The quantitative estimate of drug-likeness (QED) is 0.408. The summed E-state index contributed by atoms with van der Waals surface area (Å²) in [6.45, 7) is 2.02. The van der Waals surface area contributed by atoms with Gasteiger partial charge in [0.2, 0.25) is 0 Å². The molecule has 0 fully saturated rings. The number of nitrogens with zero attached hydrogens (tertiary/aromatic N) is 2. The van der Waals surface area contributed by atoms with Crippen LogP contribution >= 0.6 is 20.3 Å². The summed E-state index contributed by atoms with van der Waals surface area (Å²) in [6.07, 6.45) is 0. The van der Waals surface area contributed by atoms with Crippen molar-refractivity contribution in [3.63, 3.8) is 0 Å². The van der Waals surface area contributed by atoms with E-state index in [0.717, 1.165) is 9.35 Å². The van der Waals surface area contributed by atoms with Gasteiger partial charge in [-0.15, -0.1) is 0 Å². The van der Waals surface area contributed by atoms with Crippen LogP contribution in [0.2, 0.25) is 0 Å². The van der Waals surface area contributed by atoms with Crippen molar-refractivity contribution in [1.29, 1.82) is 0 Å². The average Bonchev–Trinajstić information content (AvgIpc) is 3.13. The van der Waals surface area contributed by atoms with Crippen molar-refractivity contribution in [3.05, 3.63) is 96.0 Å². The third-order valence-electron chi connectivity index (χ3n) is 4.29. The van der Waals surface area contributed by atoms with E-state index in [-0.39, 0.29) is 0 Å². The van der Waals surface area contributed by atoms with Gasteiger partial charge in [-0.2, -0.15) is 0 Å². The van der Waals surface area contributed by atoms with Crippen LogP contribution in [0.15, 0.2) is 95.3 Å². The molecule has 0 unspecified atom stereocenters. The number of benzene rings is 3. The zero-order chi connectivity index (χ0) is 17.8. The molecular weight excluding hydrogens is 463 g/mol. The van der Waals surface area contributed by atoms with E-state index in [2.05, 4.69) is 101 Å². The molecule has 128 valence electrons. The molecule has 3 aromatic carbocycles. The number of aryl methyl sites for hydroxylation is 1. The first-order valence-corrected chi connectivity index (χ1v) is 17.9. The molecule has 0 bridgehead atoms. The summed E-state index contributed by atoms with van der Waals surface area (Å²) >= 11 is -1.63. The van der Waals surface area contributed by atoms with Gasteiger partial charge >= 0.3 is 165 Å². The molecule has 26 heavy (non-hydrogen) atoms. The molecule has 0 atom stereocenters. The Morgan fingerprint density at radius 3 is 1.42 bits per heavy atom. The molecule has 0 aliphatic carbocycles. The minimum atomic E-state index is -3.32. The fourth-order valence-electron chi connectivity index (χ4n) is 3.15. The van der Waals surface area contributed by atoms with Gasteiger partial charge in [0, 0.05) is 0 Å². The second-order valence-electron chi connectivity index (χ2n) is 5.97. The molecule has 0 aliphatic heterocycles. The third-order valence-corrected chi connectivity index (χ3v) is 26.1. The Morgan fingerprint density at radius 2 is 1.08 bits per heavy atom. The molecule has 0 N–H and O–H groups in total. The van der Waals surface area contributed by atoms with Gasteiger partial charge in [0.1, 0.15) is 0 Å². The first kappa shape index (κ1) is 17.8. The normalized spacial score (nSPS) is 11.4. The van der Waals surface area contributed by atoms with Gasteiger partial charge in [0.25, 0.3) is 0 Å². The Balaban J connectivity index is 2.00. The molecule has 0 saturated carbocycles. The van der Waals surface area contributed by atoms with E-state index in [4.69, 9.17) is 0 Å². The monoisotopic (exact) mass is 482 g/mol. The zero-order valence-electron chi connectivity index (χ0n) is 14.4. The molecule has 4 aromatic rings. The summed E-state index contributed by atoms with van der Waals surface area (Å²) in [5.74, 6) is 0. The second kappa shape index (κ2) is 7.94. The fourth-order valence-corrected chi connectivity index (χ4v) is 25.3. The summed E-state index contributed by atoms with van der Waals surface area (Å²) < 4.78 is 5.39. The van der Waals surface area contributed by atoms with E-state index in [1.54, 1.807) is 11.3 Å². The summed E-state index contributed by atoms with van der Waals surface area (Å²) in [6, 6.07) is 32.9. The third kappa shape index (κ3) is 3.46. The van der Waals surface area contributed by atoms with E-state index in [1.165, 1.54) is 10.7 Å². The fraction of sp³-hybridized carbons (Fsp3) is 0.0476. The van der Waals surface area contributed by atoms with Crippen molar-refractivity contribution < 1.29 is 0 Å². The van der Waals surface area contributed by atoms with Crippen molar-refractivity contribution in [2.24, 2.45) is 0 Å². The molecule has 0 radical (unpaired) electrons. The van der Waals surface area contributed by atoms with E-state index < -0.39 is 17.0 Å². The van der Waals surface area contributed by atoms with Crippen LogP contribution in [-0.4, -0.2) is 27.2 Å². The van der Waals surface area contributed by atoms with Gasteiger partial charge in [0.15, 0.2) is 0 Å². The molecular formula is C21H18N2S2Sn. The molecule has 1 aromatic heterocycles. The van der Waals surface area contributed by atoms with Gasteiger partial charge in [-0.1, -0.05) is 0 Å². The average molecular weight is 481 g/mol. The van der Waals surface area contributed by atoms with Crippen LogP contribution in [0.3, 0.4) is 0 Å². The maximum atomic E-state index is 4.46. The van der Waals surface area contributed by atoms with Gasteiger partial charge < -0.3 is 0 Å². The molecule has 0 amide bonds. The van der Waals surface area contributed by atoms with Crippen molar-refractivity contribution in [2.75, 3.05) is 0 Å². The van der Waals surface area contributed by atoms with E-state index in [0.29, 0.717) is 0 Å².